The van der Waals surface area contributed by atoms with Crippen molar-refractivity contribution in [3.05, 3.63) is 24.3 Å². The van der Waals surface area contributed by atoms with Gasteiger partial charge in [0.25, 0.3) is 0 Å². The van der Waals surface area contributed by atoms with Crippen LogP contribution in [0.25, 0.3) is 0 Å². The Morgan fingerprint density at radius 2 is 2.20 bits per heavy atom. The third kappa shape index (κ3) is 0.775. The largest absolute Gasteiger partial charge is 0.233 e. The van der Waals surface area contributed by atoms with Crippen molar-refractivity contribution in [3.63, 3.8) is 0 Å². The summed E-state index contributed by atoms with van der Waals surface area (Å²) >= 11 is 1.53. The molecule has 1 aliphatic rings. The van der Waals surface area contributed by atoms with Gasteiger partial charge in [-0.25, -0.2) is 11.0 Å². The summed E-state index contributed by atoms with van der Waals surface area (Å²) in [6.07, 6.45) is 0. The van der Waals surface area contributed by atoms with Gasteiger partial charge in [0.05, 0.1) is 10.6 Å². The average molecular weight is 153 g/mol. The summed E-state index contributed by atoms with van der Waals surface area (Å²) in [5.74, 6) is 5.55. The van der Waals surface area contributed by atoms with Crippen LogP contribution in [0, 0.1) is 0 Å². The minimum Gasteiger partial charge on any atom is -0.233 e. The second-order valence-electron chi connectivity index (χ2n) is 2.03. The van der Waals surface area contributed by atoms with Gasteiger partial charge in [-0.05, 0) is 24.1 Å². The van der Waals surface area contributed by atoms with Crippen LogP contribution in [0.15, 0.2) is 29.2 Å². The summed E-state index contributed by atoms with van der Waals surface area (Å²) in [6.45, 7) is 0. The molecule has 0 bridgehead atoms. The monoisotopic (exact) mass is 153 g/mol. The van der Waals surface area contributed by atoms with E-state index in [-0.39, 0.29) is 0 Å². The Labute approximate surface area is 63.3 Å². The lowest BCUT2D eigenvalue weighted by Crippen LogP contribution is -2.36. The number of anilines is 1. The van der Waals surface area contributed by atoms with E-state index in [4.69, 9.17) is 5.84 Å². The highest BCUT2D eigenvalue weighted by Gasteiger charge is 2.14. The van der Waals surface area contributed by atoms with Crippen LogP contribution in [-0.4, -0.2) is 0 Å². The van der Waals surface area contributed by atoms with E-state index in [0.717, 1.165) is 5.69 Å². The van der Waals surface area contributed by atoms with Gasteiger partial charge in [-0.15, -0.1) is 0 Å². The lowest BCUT2D eigenvalue weighted by molar-refractivity contribution is 0.869. The van der Waals surface area contributed by atoms with E-state index in [9.17, 15) is 0 Å². The Hall–Kier alpha value is -0.710. The zero-order chi connectivity index (χ0) is 6.97. The molecule has 0 radical (unpaired) electrons. The summed E-state index contributed by atoms with van der Waals surface area (Å²) in [5.41, 5.74) is 1.03. The molecule has 0 amide bonds. The standard InChI is InChI=1S/C6H7N3S/c7-9-5-3-1-2-4-6(5)10-8-9/h1-4,8H,7H2. The Morgan fingerprint density at radius 1 is 1.40 bits per heavy atom. The summed E-state index contributed by atoms with van der Waals surface area (Å²) in [7, 11) is 0. The Bertz CT molecular complexity index is 251. The first kappa shape index (κ1) is 6.03. The molecule has 3 N–H and O–H groups in total. The van der Waals surface area contributed by atoms with Crippen molar-refractivity contribution in [1.82, 2.24) is 4.83 Å². The maximum absolute atomic E-state index is 5.55. The van der Waals surface area contributed by atoms with Crippen molar-refractivity contribution in [3.8, 4) is 0 Å². The van der Waals surface area contributed by atoms with Crippen LogP contribution >= 0.6 is 11.9 Å². The van der Waals surface area contributed by atoms with E-state index >= 15 is 0 Å². The van der Waals surface area contributed by atoms with Gasteiger partial charge >= 0.3 is 0 Å². The number of benzene rings is 1. The van der Waals surface area contributed by atoms with Gasteiger partial charge < -0.3 is 0 Å². The number of hydrogen-bond donors (Lipinski definition) is 2. The van der Waals surface area contributed by atoms with E-state index in [1.807, 2.05) is 24.3 Å². The first-order chi connectivity index (χ1) is 4.88. The van der Waals surface area contributed by atoms with Crippen molar-refractivity contribution < 1.29 is 0 Å². The number of fused-ring (bicyclic) bond motifs is 1. The molecule has 0 unspecified atom stereocenters. The van der Waals surface area contributed by atoms with Gasteiger partial charge in [0, 0.05) is 0 Å². The van der Waals surface area contributed by atoms with Crippen molar-refractivity contribution in [2.45, 2.75) is 4.90 Å². The fourth-order valence-electron chi connectivity index (χ4n) is 0.890. The van der Waals surface area contributed by atoms with E-state index in [1.54, 1.807) is 0 Å². The normalized spacial score (nSPS) is 15.5. The lowest BCUT2D eigenvalue weighted by Gasteiger charge is -2.08. The van der Waals surface area contributed by atoms with Gasteiger partial charge in [0.1, 0.15) is 0 Å². The second-order valence-corrected chi connectivity index (χ2v) is 2.86. The van der Waals surface area contributed by atoms with Gasteiger partial charge in [-0.2, -0.15) is 4.83 Å². The number of rotatable bonds is 0. The molecule has 0 aromatic heterocycles. The van der Waals surface area contributed by atoms with E-state index in [2.05, 4.69) is 4.83 Å². The lowest BCUT2D eigenvalue weighted by atomic mass is 10.3. The molecule has 10 heavy (non-hydrogen) atoms. The van der Waals surface area contributed by atoms with Crippen LogP contribution in [-0.2, 0) is 0 Å². The molecule has 0 fully saturated rings. The summed E-state index contributed by atoms with van der Waals surface area (Å²) < 4.78 is 0. The quantitative estimate of drug-likeness (QED) is 0.429. The van der Waals surface area contributed by atoms with Crippen molar-refractivity contribution in [2.24, 2.45) is 5.84 Å². The van der Waals surface area contributed by atoms with Crippen LogP contribution in [0.1, 0.15) is 0 Å². The molecule has 1 heterocycles. The number of nitrogens with one attached hydrogen (secondary N) is 1. The molecular weight excluding hydrogens is 146 g/mol. The highest BCUT2D eigenvalue weighted by atomic mass is 32.2. The number of nitrogens with two attached hydrogens (primary N) is 1. The van der Waals surface area contributed by atoms with Gasteiger partial charge in [0.2, 0.25) is 0 Å². The molecule has 0 aliphatic carbocycles. The van der Waals surface area contributed by atoms with Crippen molar-refractivity contribution >= 4 is 17.6 Å². The van der Waals surface area contributed by atoms with Crippen LogP contribution in [0.5, 0.6) is 0 Å². The van der Waals surface area contributed by atoms with Crippen LogP contribution in [0.4, 0.5) is 5.69 Å². The van der Waals surface area contributed by atoms with Gasteiger partial charge in [-0.3, -0.25) is 0 Å². The predicted octanol–water partition coefficient (Wildman–Crippen LogP) is 0.892. The smallest absolute Gasteiger partial charge is 0.0858 e. The van der Waals surface area contributed by atoms with Crippen LogP contribution in [0.2, 0.25) is 0 Å². The first-order valence-corrected chi connectivity index (χ1v) is 3.76. The zero-order valence-corrected chi connectivity index (χ0v) is 6.06. The zero-order valence-electron chi connectivity index (χ0n) is 5.24. The molecule has 0 atom stereocenters. The molecule has 1 aromatic rings. The SMILES string of the molecule is NN1NSc2ccccc21. The average Bonchev–Trinajstić information content (AvgIpc) is 2.34. The summed E-state index contributed by atoms with van der Waals surface area (Å²) in [4.78, 5) is 4.08. The molecule has 0 spiro atoms. The molecule has 2 rings (SSSR count). The summed E-state index contributed by atoms with van der Waals surface area (Å²) in [6, 6.07) is 7.96. The molecule has 52 valence electrons. The first-order valence-electron chi connectivity index (χ1n) is 2.94. The maximum Gasteiger partial charge on any atom is 0.0858 e. The molecule has 3 nitrogen and oxygen atoms in total. The van der Waals surface area contributed by atoms with E-state index < -0.39 is 0 Å². The minimum absolute atomic E-state index is 1.03. The number of nitrogens with zero attached hydrogens (tertiary/aromatic N) is 1. The number of para-hydroxylation sites is 1. The minimum atomic E-state index is 1.03. The fraction of sp³-hybridized carbons (Fsp3) is 0. The third-order valence-corrected chi connectivity index (χ3v) is 2.23. The Morgan fingerprint density at radius 3 is 3.00 bits per heavy atom. The molecule has 1 aliphatic heterocycles. The highest BCUT2D eigenvalue weighted by molar-refractivity contribution is 7.98. The third-order valence-electron chi connectivity index (χ3n) is 1.38. The Kier molecular flexibility index (Phi) is 1.30. The van der Waals surface area contributed by atoms with E-state index in [1.165, 1.54) is 22.0 Å². The number of hydrogen-bond acceptors (Lipinski definition) is 4. The van der Waals surface area contributed by atoms with Crippen molar-refractivity contribution in [2.75, 3.05) is 5.12 Å². The molecule has 4 heteroatoms. The number of hydrazine groups is 2. The van der Waals surface area contributed by atoms with Crippen LogP contribution in [0.3, 0.4) is 0 Å². The maximum atomic E-state index is 5.55. The van der Waals surface area contributed by atoms with Crippen LogP contribution < -0.4 is 15.8 Å². The fourth-order valence-corrected chi connectivity index (χ4v) is 1.60. The van der Waals surface area contributed by atoms with Crippen molar-refractivity contribution in [1.29, 1.82) is 0 Å². The van der Waals surface area contributed by atoms with E-state index in [0.29, 0.717) is 0 Å². The summed E-state index contributed by atoms with van der Waals surface area (Å²) in [5, 5.41) is 1.51. The predicted molar refractivity (Wildman–Crippen MR) is 42.1 cm³/mol. The molecule has 0 saturated carbocycles. The molecule has 1 aromatic carbocycles. The molecular formula is C6H7N3S. The molecule has 0 saturated heterocycles. The second kappa shape index (κ2) is 2.16. The Balaban J connectivity index is 2.51. The highest BCUT2D eigenvalue weighted by Crippen LogP contribution is 2.31. The van der Waals surface area contributed by atoms with Gasteiger partial charge in [0.15, 0.2) is 0 Å². The topological polar surface area (TPSA) is 41.3 Å². The van der Waals surface area contributed by atoms with Gasteiger partial charge in [-0.1, -0.05) is 12.1 Å².